The first-order valence-corrected chi connectivity index (χ1v) is 6.55. The van der Waals surface area contributed by atoms with Crippen LogP contribution in [0.1, 0.15) is 38.5 Å². The highest BCUT2D eigenvalue weighted by Gasteiger charge is 2.13. The number of hydroxylamine groups is 2. The van der Waals surface area contributed by atoms with Crippen LogP contribution in [0.25, 0.3) is 0 Å². The summed E-state index contributed by atoms with van der Waals surface area (Å²) in [6.07, 6.45) is 7.92. The van der Waals surface area contributed by atoms with Gasteiger partial charge in [0.05, 0.1) is 6.61 Å². The molecule has 0 aliphatic carbocycles. The van der Waals surface area contributed by atoms with Crippen molar-refractivity contribution in [1.82, 2.24) is 9.96 Å². The highest BCUT2D eigenvalue weighted by atomic mass is 16.7. The van der Waals surface area contributed by atoms with Crippen LogP contribution in [-0.4, -0.2) is 49.3 Å². The molecule has 0 aromatic rings. The van der Waals surface area contributed by atoms with Crippen molar-refractivity contribution in [2.24, 2.45) is 0 Å². The lowest BCUT2D eigenvalue weighted by Crippen LogP contribution is -2.38. The SMILES string of the molecule is C1CCON(CCCCN2CCC2)CC1. The first-order chi connectivity index (χ1) is 7.45. The second-order valence-corrected chi connectivity index (χ2v) is 4.73. The predicted molar refractivity (Wildman–Crippen MR) is 61.7 cm³/mol. The summed E-state index contributed by atoms with van der Waals surface area (Å²) in [5.74, 6) is 0. The summed E-state index contributed by atoms with van der Waals surface area (Å²) >= 11 is 0. The molecule has 15 heavy (non-hydrogen) atoms. The van der Waals surface area contributed by atoms with Crippen molar-refractivity contribution in [3.05, 3.63) is 0 Å². The van der Waals surface area contributed by atoms with E-state index < -0.39 is 0 Å². The van der Waals surface area contributed by atoms with Gasteiger partial charge in [0, 0.05) is 13.1 Å². The molecule has 0 N–H and O–H groups in total. The monoisotopic (exact) mass is 212 g/mol. The van der Waals surface area contributed by atoms with Gasteiger partial charge in [0.1, 0.15) is 0 Å². The third-order valence-corrected chi connectivity index (χ3v) is 3.41. The third-order valence-electron chi connectivity index (χ3n) is 3.41. The molecule has 2 saturated heterocycles. The lowest BCUT2D eigenvalue weighted by atomic mass is 10.2. The third kappa shape index (κ3) is 4.09. The van der Waals surface area contributed by atoms with Crippen molar-refractivity contribution >= 4 is 0 Å². The smallest absolute Gasteiger partial charge is 0.0685 e. The van der Waals surface area contributed by atoms with E-state index in [9.17, 15) is 0 Å². The van der Waals surface area contributed by atoms with Crippen LogP contribution in [0.4, 0.5) is 0 Å². The van der Waals surface area contributed by atoms with E-state index in [1.807, 2.05) is 0 Å². The first kappa shape index (κ1) is 11.4. The summed E-state index contributed by atoms with van der Waals surface area (Å²) in [7, 11) is 0. The zero-order valence-electron chi connectivity index (χ0n) is 9.79. The van der Waals surface area contributed by atoms with Crippen LogP contribution >= 0.6 is 0 Å². The van der Waals surface area contributed by atoms with Crippen LogP contribution in [0.3, 0.4) is 0 Å². The average molecular weight is 212 g/mol. The van der Waals surface area contributed by atoms with Gasteiger partial charge in [-0.3, -0.25) is 4.84 Å². The summed E-state index contributed by atoms with van der Waals surface area (Å²) in [4.78, 5) is 8.21. The number of hydrogen-bond donors (Lipinski definition) is 0. The Morgan fingerprint density at radius 3 is 2.47 bits per heavy atom. The Kier molecular flexibility index (Phi) is 4.90. The lowest BCUT2D eigenvalue weighted by Gasteiger charge is -2.30. The minimum atomic E-state index is 0.937. The molecule has 0 atom stereocenters. The van der Waals surface area contributed by atoms with E-state index in [4.69, 9.17) is 4.84 Å². The Morgan fingerprint density at radius 2 is 1.67 bits per heavy atom. The van der Waals surface area contributed by atoms with Crippen molar-refractivity contribution in [2.45, 2.75) is 38.5 Å². The quantitative estimate of drug-likeness (QED) is 0.647. The fourth-order valence-corrected chi connectivity index (χ4v) is 2.23. The van der Waals surface area contributed by atoms with Gasteiger partial charge in [-0.1, -0.05) is 0 Å². The summed E-state index contributed by atoms with van der Waals surface area (Å²) in [6.45, 7) is 7.18. The Bertz CT molecular complexity index is 163. The summed E-state index contributed by atoms with van der Waals surface area (Å²) in [5, 5.41) is 2.18. The molecule has 2 heterocycles. The Balaban J connectivity index is 1.48. The van der Waals surface area contributed by atoms with Crippen LogP contribution < -0.4 is 0 Å². The number of hydrogen-bond acceptors (Lipinski definition) is 3. The number of rotatable bonds is 5. The second-order valence-electron chi connectivity index (χ2n) is 4.73. The molecule has 0 spiro atoms. The van der Waals surface area contributed by atoms with Gasteiger partial charge in [-0.2, -0.15) is 5.06 Å². The van der Waals surface area contributed by atoms with Crippen molar-refractivity contribution < 1.29 is 4.84 Å². The van der Waals surface area contributed by atoms with E-state index in [1.54, 1.807) is 0 Å². The van der Waals surface area contributed by atoms with Crippen molar-refractivity contribution in [3.8, 4) is 0 Å². The lowest BCUT2D eigenvalue weighted by molar-refractivity contribution is -0.152. The fourth-order valence-electron chi connectivity index (χ4n) is 2.23. The number of unbranched alkanes of at least 4 members (excludes halogenated alkanes) is 1. The normalized spacial score (nSPS) is 24.8. The summed E-state index contributed by atoms with van der Waals surface area (Å²) in [6, 6.07) is 0. The van der Waals surface area contributed by atoms with Crippen LogP contribution in [0.15, 0.2) is 0 Å². The maximum atomic E-state index is 5.67. The maximum absolute atomic E-state index is 5.67. The molecule has 0 bridgehead atoms. The highest BCUT2D eigenvalue weighted by Crippen LogP contribution is 2.10. The Morgan fingerprint density at radius 1 is 0.800 bits per heavy atom. The highest BCUT2D eigenvalue weighted by molar-refractivity contribution is 4.68. The van der Waals surface area contributed by atoms with Gasteiger partial charge in [0.15, 0.2) is 0 Å². The van der Waals surface area contributed by atoms with E-state index in [1.165, 1.54) is 58.2 Å². The van der Waals surface area contributed by atoms with E-state index >= 15 is 0 Å². The van der Waals surface area contributed by atoms with Crippen LogP contribution in [0, 0.1) is 0 Å². The van der Waals surface area contributed by atoms with E-state index in [2.05, 4.69) is 9.96 Å². The summed E-state index contributed by atoms with van der Waals surface area (Å²) < 4.78 is 0. The standard InChI is InChI=1S/C12H24N2O/c1-2-10-14(15-12-5-1)11-4-3-7-13-8-6-9-13/h1-12H2. The molecule has 88 valence electrons. The molecule has 0 amide bonds. The van der Waals surface area contributed by atoms with Gasteiger partial charge in [-0.15, -0.1) is 0 Å². The molecular weight excluding hydrogens is 188 g/mol. The minimum Gasteiger partial charge on any atom is -0.303 e. The van der Waals surface area contributed by atoms with Gasteiger partial charge in [-0.05, 0) is 58.2 Å². The molecule has 2 rings (SSSR count). The van der Waals surface area contributed by atoms with Gasteiger partial charge in [0.25, 0.3) is 0 Å². The van der Waals surface area contributed by atoms with Gasteiger partial charge < -0.3 is 4.90 Å². The van der Waals surface area contributed by atoms with Gasteiger partial charge in [-0.25, -0.2) is 0 Å². The second kappa shape index (κ2) is 6.46. The number of likely N-dealkylation sites (tertiary alicyclic amines) is 1. The Hall–Kier alpha value is -0.120. The molecular formula is C12H24N2O. The van der Waals surface area contributed by atoms with Crippen molar-refractivity contribution in [3.63, 3.8) is 0 Å². The Labute approximate surface area is 93.3 Å². The molecule has 0 unspecified atom stereocenters. The molecule has 0 aromatic carbocycles. The molecule has 0 radical (unpaired) electrons. The molecule has 2 aliphatic rings. The molecule has 0 saturated carbocycles. The van der Waals surface area contributed by atoms with Crippen molar-refractivity contribution in [1.29, 1.82) is 0 Å². The van der Waals surface area contributed by atoms with Gasteiger partial charge in [0.2, 0.25) is 0 Å². The van der Waals surface area contributed by atoms with E-state index in [0.29, 0.717) is 0 Å². The largest absolute Gasteiger partial charge is 0.303 e. The molecule has 2 fully saturated rings. The molecule has 3 nitrogen and oxygen atoms in total. The first-order valence-electron chi connectivity index (χ1n) is 6.55. The zero-order valence-corrected chi connectivity index (χ0v) is 9.79. The topological polar surface area (TPSA) is 15.7 Å². The van der Waals surface area contributed by atoms with E-state index in [0.717, 1.165) is 19.7 Å². The maximum Gasteiger partial charge on any atom is 0.0685 e. The zero-order chi connectivity index (χ0) is 10.3. The summed E-state index contributed by atoms with van der Waals surface area (Å²) in [5.41, 5.74) is 0. The minimum absolute atomic E-state index is 0.937. The predicted octanol–water partition coefficient (Wildman–Crippen LogP) is 1.89. The van der Waals surface area contributed by atoms with E-state index in [-0.39, 0.29) is 0 Å². The fraction of sp³-hybridized carbons (Fsp3) is 1.00. The molecule has 3 heteroatoms. The van der Waals surface area contributed by atoms with Crippen LogP contribution in [0.2, 0.25) is 0 Å². The molecule has 2 aliphatic heterocycles. The van der Waals surface area contributed by atoms with Gasteiger partial charge >= 0.3 is 0 Å². The van der Waals surface area contributed by atoms with Crippen molar-refractivity contribution in [2.75, 3.05) is 39.3 Å². The number of nitrogens with zero attached hydrogens (tertiary/aromatic N) is 2. The van der Waals surface area contributed by atoms with Crippen LogP contribution in [-0.2, 0) is 4.84 Å². The average Bonchev–Trinajstić information content (AvgIpc) is 2.43. The van der Waals surface area contributed by atoms with Crippen LogP contribution in [0.5, 0.6) is 0 Å². The molecule has 0 aromatic heterocycles.